The van der Waals surface area contributed by atoms with Crippen molar-refractivity contribution in [2.45, 2.75) is 44.2 Å². The molecule has 0 bridgehead atoms. The second-order valence-corrected chi connectivity index (χ2v) is 5.65. The van der Waals surface area contributed by atoms with Crippen molar-refractivity contribution in [1.29, 1.82) is 5.26 Å². The van der Waals surface area contributed by atoms with Crippen molar-refractivity contribution in [1.82, 2.24) is 5.32 Å². The fraction of sp³-hybridized carbons (Fsp3) is 0.500. The van der Waals surface area contributed by atoms with Crippen molar-refractivity contribution in [3.63, 3.8) is 0 Å². The minimum absolute atomic E-state index is 0.334. The predicted octanol–water partition coefficient (Wildman–Crippen LogP) is 4.08. The Morgan fingerprint density at radius 3 is 2.67 bits per heavy atom. The standard InChI is InChI=1S/C14H16BrFN2/c15-10-6-7-12(13(16)8-10)14(9-17)18-11-4-2-1-3-5-11/h6-8,11,14,18H,1-5H2. The van der Waals surface area contributed by atoms with Crippen LogP contribution in [-0.4, -0.2) is 6.04 Å². The predicted molar refractivity (Wildman–Crippen MR) is 72.5 cm³/mol. The van der Waals surface area contributed by atoms with Gasteiger partial charge in [-0.1, -0.05) is 41.3 Å². The van der Waals surface area contributed by atoms with Gasteiger partial charge in [0.05, 0.1) is 6.07 Å². The molecule has 0 amide bonds. The molecular weight excluding hydrogens is 295 g/mol. The molecule has 1 aromatic carbocycles. The van der Waals surface area contributed by atoms with Crippen molar-refractivity contribution in [3.05, 3.63) is 34.1 Å². The highest BCUT2D eigenvalue weighted by Gasteiger charge is 2.21. The Hall–Kier alpha value is -0.920. The van der Waals surface area contributed by atoms with E-state index < -0.39 is 6.04 Å². The molecule has 1 aromatic rings. The van der Waals surface area contributed by atoms with Gasteiger partial charge in [-0.3, -0.25) is 5.32 Å². The SMILES string of the molecule is N#CC(NC1CCCCC1)c1ccc(Br)cc1F. The lowest BCUT2D eigenvalue weighted by atomic mass is 9.94. The second kappa shape index (κ2) is 6.31. The van der Waals surface area contributed by atoms with Gasteiger partial charge < -0.3 is 0 Å². The van der Waals surface area contributed by atoms with Gasteiger partial charge in [0.2, 0.25) is 0 Å². The third-order valence-corrected chi connectivity index (χ3v) is 3.90. The quantitative estimate of drug-likeness (QED) is 0.913. The van der Waals surface area contributed by atoms with Crippen LogP contribution in [-0.2, 0) is 0 Å². The second-order valence-electron chi connectivity index (χ2n) is 4.73. The third-order valence-electron chi connectivity index (χ3n) is 3.41. The summed E-state index contributed by atoms with van der Waals surface area (Å²) in [5.74, 6) is -0.334. The van der Waals surface area contributed by atoms with Crippen molar-refractivity contribution < 1.29 is 4.39 Å². The van der Waals surface area contributed by atoms with Gasteiger partial charge >= 0.3 is 0 Å². The fourth-order valence-corrected chi connectivity index (χ4v) is 2.77. The minimum Gasteiger partial charge on any atom is -0.295 e. The van der Waals surface area contributed by atoms with E-state index in [1.54, 1.807) is 12.1 Å². The number of hydrogen-bond acceptors (Lipinski definition) is 2. The molecule has 4 heteroatoms. The molecule has 1 aliphatic carbocycles. The molecule has 2 nitrogen and oxygen atoms in total. The first-order valence-electron chi connectivity index (χ1n) is 6.31. The molecule has 0 radical (unpaired) electrons. The monoisotopic (exact) mass is 310 g/mol. The zero-order valence-corrected chi connectivity index (χ0v) is 11.7. The molecule has 96 valence electrons. The third kappa shape index (κ3) is 3.30. The molecule has 1 unspecified atom stereocenters. The Morgan fingerprint density at radius 1 is 1.33 bits per heavy atom. The summed E-state index contributed by atoms with van der Waals surface area (Å²) in [6.07, 6.45) is 5.81. The largest absolute Gasteiger partial charge is 0.295 e. The van der Waals surface area contributed by atoms with E-state index in [9.17, 15) is 9.65 Å². The topological polar surface area (TPSA) is 35.8 Å². The van der Waals surface area contributed by atoms with Crippen LogP contribution < -0.4 is 5.32 Å². The van der Waals surface area contributed by atoms with E-state index in [1.165, 1.54) is 25.3 Å². The summed E-state index contributed by atoms with van der Waals surface area (Å²) in [4.78, 5) is 0. The molecule has 1 N–H and O–H groups in total. The van der Waals surface area contributed by atoms with Crippen LogP contribution in [0.2, 0.25) is 0 Å². The number of hydrogen-bond donors (Lipinski definition) is 1. The average Bonchev–Trinajstić information content (AvgIpc) is 2.38. The zero-order valence-electron chi connectivity index (χ0n) is 10.1. The molecule has 0 aromatic heterocycles. The molecular formula is C14H16BrFN2. The van der Waals surface area contributed by atoms with Crippen molar-refractivity contribution in [2.24, 2.45) is 0 Å². The molecule has 1 atom stereocenters. The lowest BCUT2D eigenvalue weighted by molar-refractivity contribution is 0.357. The van der Waals surface area contributed by atoms with Crippen LogP contribution >= 0.6 is 15.9 Å². The summed E-state index contributed by atoms with van der Waals surface area (Å²) < 4.78 is 14.5. The van der Waals surface area contributed by atoms with E-state index in [4.69, 9.17) is 0 Å². The maximum absolute atomic E-state index is 13.8. The molecule has 1 saturated carbocycles. The Balaban J connectivity index is 2.10. The van der Waals surface area contributed by atoms with E-state index in [2.05, 4.69) is 27.3 Å². The smallest absolute Gasteiger partial charge is 0.130 e. The van der Waals surface area contributed by atoms with E-state index >= 15 is 0 Å². The highest BCUT2D eigenvalue weighted by molar-refractivity contribution is 9.10. The van der Waals surface area contributed by atoms with E-state index in [1.807, 2.05) is 0 Å². The molecule has 0 heterocycles. The number of nitriles is 1. The number of rotatable bonds is 3. The molecule has 2 rings (SSSR count). The van der Waals surface area contributed by atoms with Crippen LogP contribution in [0.5, 0.6) is 0 Å². The van der Waals surface area contributed by atoms with Crippen molar-refractivity contribution >= 4 is 15.9 Å². The van der Waals surface area contributed by atoms with Gasteiger partial charge in [-0.15, -0.1) is 0 Å². The Kier molecular flexibility index (Phi) is 4.73. The molecule has 0 spiro atoms. The van der Waals surface area contributed by atoms with Crippen LogP contribution in [0.1, 0.15) is 43.7 Å². The lowest BCUT2D eigenvalue weighted by Crippen LogP contribution is -2.34. The maximum atomic E-state index is 13.8. The van der Waals surface area contributed by atoms with Crippen molar-refractivity contribution in [2.75, 3.05) is 0 Å². The van der Waals surface area contributed by atoms with E-state index in [0.29, 0.717) is 16.1 Å². The summed E-state index contributed by atoms with van der Waals surface area (Å²) in [6.45, 7) is 0. The van der Waals surface area contributed by atoms with Gasteiger partial charge in [0.1, 0.15) is 11.9 Å². The Morgan fingerprint density at radius 2 is 2.06 bits per heavy atom. The van der Waals surface area contributed by atoms with Crippen LogP contribution in [0.3, 0.4) is 0 Å². The first-order chi connectivity index (χ1) is 8.70. The highest BCUT2D eigenvalue weighted by Crippen LogP contribution is 2.24. The van der Waals surface area contributed by atoms with Gasteiger partial charge in [-0.2, -0.15) is 5.26 Å². The lowest BCUT2D eigenvalue weighted by Gasteiger charge is -2.25. The maximum Gasteiger partial charge on any atom is 0.130 e. The van der Waals surface area contributed by atoms with Gasteiger partial charge in [0, 0.05) is 16.1 Å². The summed E-state index contributed by atoms with van der Waals surface area (Å²) >= 11 is 3.22. The van der Waals surface area contributed by atoms with Gasteiger partial charge in [0.25, 0.3) is 0 Å². The number of nitrogens with one attached hydrogen (secondary N) is 1. The fourth-order valence-electron chi connectivity index (χ4n) is 2.44. The number of nitrogens with zero attached hydrogens (tertiary/aromatic N) is 1. The van der Waals surface area contributed by atoms with E-state index in [-0.39, 0.29) is 5.82 Å². The first-order valence-corrected chi connectivity index (χ1v) is 7.10. The van der Waals surface area contributed by atoms with Crippen LogP contribution in [0.25, 0.3) is 0 Å². The summed E-state index contributed by atoms with van der Waals surface area (Å²) in [7, 11) is 0. The zero-order chi connectivity index (χ0) is 13.0. The highest BCUT2D eigenvalue weighted by atomic mass is 79.9. The number of benzene rings is 1. The van der Waals surface area contributed by atoms with Crippen molar-refractivity contribution in [3.8, 4) is 6.07 Å². The van der Waals surface area contributed by atoms with Gasteiger partial charge in [-0.05, 0) is 25.0 Å². The molecule has 1 aliphatic rings. The molecule has 18 heavy (non-hydrogen) atoms. The summed E-state index contributed by atoms with van der Waals surface area (Å²) in [5, 5.41) is 12.5. The Bertz CT molecular complexity index is 450. The molecule has 1 fully saturated rings. The summed E-state index contributed by atoms with van der Waals surface area (Å²) in [5.41, 5.74) is 0.436. The van der Waals surface area contributed by atoms with Crippen LogP contribution in [0.4, 0.5) is 4.39 Å². The van der Waals surface area contributed by atoms with Crippen LogP contribution in [0.15, 0.2) is 22.7 Å². The van der Waals surface area contributed by atoms with E-state index in [0.717, 1.165) is 12.8 Å². The minimum atomic E-state index is -0.554. The van der Waals surface area contributed by atoms with Crippen LogP contribution in [0, 0.1) is 17.1 Å². The first kappa shape index (κ1) is 13.5. The molecule has 0 aliphatic heterocycles. The van der Waals surface area contributed by atoms with Gasteiger partial charge in [0.15, 0.2) is 0 Å². The molecule has 0 saturated heterocycles. The summed E-state index contributed by atoms with van der Waals surface area (Å²) in [6, 6.07) is 6.79. The number of halogens is 2. The average molecular weight is 311 g/mol. The Labute approximate surface area is 115 Å². The van der Waals surface area contributed by atoms with Gasteiger partial charge in [-0.25, -0.2) is 4.39 Å². The normalized spacial score (nSPS) is 18.3.